The molecule has 5 heteroatoms. The van der Waals surface area contributed by atoms with Crippen LogP contribution in [0.25, 0.3) is 0 Å². The van der Waals surface area contributed by atoms with Crippen LogP contribution in [0.3, 0.4) is 0 Å². The summed E-state index contributed by atoms with van der Waals surface area (Å²) in [7, 11) is 2.94. The van der Waals surface area contributed by atoms with Gasteiger partial charge >= 0.3 is 5.97 Å². The fourth-order valence-electron chi connectivity index (χ4n) is 1.41. The fourth-order valence-corrected chi connectivity index (χ4v) is 1.41. The quantitative estimate of drug-likeness (QED) is 0.804. The number of carbonyl (C=O) groups is 1. The number of methoxy groups -OCH3 is 2. The maximum atomic E-state index is 10.7. The highest BCUT2D eigenvalue weighted by atomic mass is 16.5. The van der Waals surface area contributed by atoms with Crippen molar-refractivity contribution in [1.29, 1.82) is 0 Å². The largest absolute Gasteiger partial charge is 0.496 e. The first-order chi connectivity index (χ1) is 7.51. The molecule has 0 bridgehead atoms. The Hall–Kier alpha value is -1.75. The second-order valence-corrected chi connectivity index (χ2v) is 3.29. The third-order valence-corrected chi connectivity index (χ3v) is 2.32. The predicted octanol–water partition coefficient (Wildman–Crippen LogP) is 1.13. The average Bonchev–Trinajstić information content (AvgIpc) is 2.28. The number of hydrogen-bond acceptors (Lipinski definition) is 4. The lowest BCUT2D eigenvalue weighted by atomic mass is 10.1. The minimum atomic E-state index is -1.58. The monoisotopic (exact) mass is 226 g/mol. The van der Waals surface area contributed by atoms with Gasteiger partial charge in [0.2, 0.25) is 0 Å². The zero-order valence-electron chi connectivity index (χ0n) is 9.35. The van der Waals surface area contributed by atoms with Crippen LogP contribution in [0.15, 0.2) is 12.1 Å². The molecule has 0 spiro atoms. The maximum Gasteiger partial charge on any atom is 0.337 e. The van der Waals surface area contributed by atoms with Gasteiger partial charge in [0, 0.05) is 5.56 Å². The van der Waals surface area contributed by atoms with E-state index in [1.807, 2.05) is 0 Å². The van der Waals surface area contributed by atoms with Gasteiger partial charge < -0.3 is 19.7 Å². The molecule has 1 rings (SSSR count). The second kappa shape index (κ2) is 4.85. The minimum absolute atomic E-state index is 0.229. The van der Waals surface area contributed by atoms with Gasteiger partial charge in [-0.25, -0.2) is 4.79 Å². The summed E-state index contributed by atoms with van der Waals surface area (Å²) in [5, 5.41) is 18.1. The first-order valence-electron chi connectivity index (χ1n) is 4.64. The fraction of sp³-hybridized carbons (Fsp3) is 0.364. The van der Waals surface area contributed by atoms with Crippen molar-refractivity contribution in [2.45, 2.75) is 13.0 Å². The minimum Gasteiger partial charge on any atom is -0.496 e. The van der Waals surface area contributed by atoms with Crippen LogP contribution in [0.2, 0.25) is 0 Å². The van der Waals surface area contributed by atoms with Crippen LogP contribution >= 0.6 is 0 Å². The summed E-state index contributed by atoms with van der Waals surface area (Å²) < 4.78 is 10.1. The van der Waals surface area contributed by atoms with E-state index in [9.17, 15) is 9.90 Å². The number of carboxylic acid groups (broad SMARTS) is 1. The Balaban J connectivity index is 3.26. The lowest BCUT2D eigenvalue weighted by Gasteiger charge is -2.14. The topological polar surface area (TPSA) is 76.0 Å². The smallest absolute Gasteiger partial charge is 0.337 e. The lowest BCUT2D eigenvalue weighted by Crippen LogP contribution is -2.11. The van der Waals surface area contributed by atoms with E-state index in [4.69, 9.17) is 14.6 Å². The Morgan fingerprint density at radius 2 is 1.69 bits per heavy atom. The molecule has 1 unspecified atom stereocenters. The van der Waals surface area contributed by atoms with E-state index < -0.39 is 12.1 Å². The summed E-state index contributed by atoms with van der Waals surface area (Å²) >= 11 is 0. The number of ether oxygens (including phenoxy) is 2. The van der Waals surface area contributed by atoms with Gasteiger partial charge in [-0.15, -0.1) is 0 Å². The molecule has 16 heavy (non-hydrogen) atoms. The van der Waals surface area contributed by atoms with Crippen molar-refractivity contribution in [3.63, 3.8) is 0 Å². The van der Waals surface area contributed by atoms with E-state index in [2.05, 4.69) is 0 Å². The molecule has 0 aliphatic carbocycles. The van der Waals surface area contributed by atoms with Gasteiger partial charge in [0.25, 0.3) is 0 Å². The molecule has 0 saturated carbocycles. The molecule has 5 nitrogen and oxygen atoms in total. The molecule has 1 atom stereocenters. The standard InChI is InChI=1S/C11H14O5/c1-6-8(15-2)4-7(5-9(6)16-3)10(12)11(13)14/h4-5,10,12H,1-3H3,(H,13,14). The molecule has 0 aliphatic heterocycles. The maximum absolute atomic E-state index is 10.7. The highest BCUT2D eigenvalue weighted by molar-refractivity contribution is 5.74. The summed E-state index contributed by atoms with van der Waals surface area (Å²) in [6.07, 6.45) is -1.58. The number of aliphatic carboxylic acids is 1. The van der Waals surface area contributed by atoms with Gasteiger partial charge in [0.05, 0.1) is 14.2 Å². The van der Waals surface area contributed by atoms with Gasteiger partial charge in [-0.2, -0.15) is 0 Å². The van der Waals surface area contributed by atoms with E-state index in [0.29, 0.717) is 11.5 Å². The Morgan fingerprint density at radius 3 is 2.00 bits per heavy atom. The number of aliphatic hydroxyl groups is 1. The molecule has 88 valence electrons. The zero-order valence-corrected chi connectivity index (χ0v) is 9.35. The van der Waals surface area contributed by atoms with Crippen molar-refractivity contribution >= 4 is 5.97 Å². The highest BCUT2D eigenvalue weighted by Gasteiger charge is 2.19. The van der Waals surface area contributed by atoms with Crippen LogP contribution in [0, 0.1) is 6.92 Å². The van der Waals surface area contributed by atoms with Gasteiger partial charge in [-0.05, 0) is 24.6 Å². The van der Waals surface area contributed by atoms with Crippen molar-refractivity contribution < 1.29 is 24.5 Å². The molecule has 0 aliphatic rings. The van der Waals surface area contributed by atoms with E-state index in [1.165, 1.54) is 26.4 Å². The van der Waals surface area contributed by atoms with E-state index in [-0.39, 0.29) is 5.56 Å². The second-order valence-electron chi connectivity index (χ2n) is 3.29. The van der Waals surface area contributed by atoms with Crippen LogP contribution in [-0.2, 0) is 4.79 Å². The zero-order chi connectivity index (χ0) is 12.3. The van der Waals surface area contributed by atoms with Crippen molar-refractivity contribution in [3.05, 3.63) is 23.3 Å². The summed E-state index contributed by atoms with van der Waals surface area (Å²) in [6.45, 7) is 1.79. The number of carboxylic acids is 1. The Kier molecular flexibility index (Phi) is 3.73. The number of benzene rings is 1. The van der Waals surface area contributed by atoms with Crippen LogP contribution in [0.4, 0.5) is 0 Å². The number of rotatable bonds is 4. The van der Waals surface area contributed by atoms with Crippen LogP contribution < -0.4 is 9.47 Å². The first kappa shape index (κ1) is 12.3. The van der Waals surface area contributed by atoms with Crippen molar-refractivity contribution in [1.82, 2.24) is 0 Å². The Labute approximate surface area is 93.2 Å². The molecule has 1 aromatic rings. The summed E-state index contributed by atoms with van der Waals surface area (Å²) in [4.78, 5) is 10.7. The molecular formula is C11H14O5. The van der Waals surface area contributed by atoms with Crippen LogP contribution in [0.5, 0.6) is 11.5 Å². The summed E-state index contributed by atoms with van der Waals surface area (Å²) in [5.41, 5.74) is 0.984. The number of hydrogen-bond donors (Lipinski definition) is 2. The van der Waals surface area contributed by atoms with Gasteiger partial charge in [-0.1, -0.05) is 0 Å². The average molecular weight is 226 g/mol. The van der Waals surface area contributed by atoms with E-state index in [1.54, 1.807) is 6.92 Å². The summed E-state index contributed by atoms with van der Waals surface area (Å²) in [6, 6.07) is 2.97. The molecule has 0 aromatic heterocycles. The van der Waals surface area contributed by atoms with Gasteiger partial charge in [0.15, 0.2) is 6.10 Å². The molecule has 0 fully saturated rings. The van der Waals surface area contributed by atoms with Gasteiger partial charge in [-0.3, -0.25) is 0 Å². The van der Waals surface area contributed by atoms with Crippen LogP contribution in [0.1, 0.15) is 17.2 Å². The normalized spacial score (nSPS) is 12.0. The third kappa shape index (κ3) is 2.25. The van der Waals surface area contributed by atoms with Crippen molar-refractivity contribution in [2.75, 3.05) is 14.2 Å². The molecule has 0 amide bonds. The van der Waals surface area contributed by atoms with Gasteiger partial charge in [0.1, 0.15) is 11.5 Å². The number of aliphatic hydroxyl groups excluding tert-OH is 1. The van der Waals surface area contributed by atoms with Crippen molar-refractivity contribution in [2.24, 2.45) is 0 Å². The molecule has 2 N–H and O–H groups in total. The molecule has 0 radical (unpaired) electrons. The van der Waals surface area contributed by atoms with Crippen LogP contribution in [-0.4, -0.2) is 30.4 Å². The molecule has 0 heterocycles. The van der Waals surface area contributed by atoms with E-state index >= 15 is 0 Å². The Bertz CT molecular complexity index is 374. The molecule has 0 saturated heterocycles. The van der Waals surface area contributed by atoms with Crippen molar-refractivity contribution in [3.8, 4) is 11.5 Å². The predicted molar refractivity (Wildman–Crippen MR) is 56.9 cm³/mol. The highest BCUT2D eigenvalue weighted by Crippen LogP contribution is 2.31. The molecular weight excluding hydrogens is 212 g/mol. The SMILES string of the molecule is COc1cc(C(O)C(=O)O)cc(OC)c1C. The third-order valence-electron chi connectivity index (χ3n) is 2.32. The van der Waals surface area contributed by atoms with E-state index in [0.717, 1.165) is 5.56 Å². The molecule has 1 aromatic carbocycles. The summed E-state index contributed by atoms with van der Waals surface area (Å²) in [5.74, 6) is -0.350. The lowest BCUT2D eigenvalue weighted by molar-refractivity contribution is -0.146. The first-order valence-corrected chi connectivity index (χ1v) is 4.64. The Morgan fingerprint density at radius 1 is 1.25 bits per heavy atom.